The van der Waals surface area contributed by atoms with E-state index < -0.39 is 11.7 Å². The molecule has 1 unspecified atom stereocenters. The number of nitrogens with one attached hydrogen (secondary N) is 1. The van der Waals surface area contributed by atoms with Crippen LogP contribution in [0.2, 0.25) is 10.0 Å². The number of carbonyl (C=O) groups excluding carboxylic acids is 1. The van der Waals surface area contributed by atoms with Crippen LogP contribution in [0.15, 0.2) is 12.1 Å². The van der Waals surface area contributed by atoms with Crippen molar-refractivity contribution in [3.05, 3.63) is 33.6 Å². The second kappa shape index (κ2) is 8.99. The van der Waals surface area contributed by atoms with E-state index in [9.17, 15) is 9.18 Å². The van der Waals surface area contributed by atoms with Gasteiger partial charge in [-0.05, 0) is 24.5 Å². The number of benzene rings is 1. The molecule has 7 heteroatoms. The summed E-state index contributed by atoms with van der Waals surface area (Å²) in [6, 6.07) is 2.54. The fourth-order valence-corrected chi connectivity index (χ4v) is 3.32. The summed E-state index contributed by atoms with van der Waals surface area (Å²) in [5, 5.41) is 2.92. The molecule has 0 aliphatic carbocycles. The van der Waals surface area contributed by atoms with Gasteiger partial charge in [0.1, 0.15) is 5.82 Å². The highest BCUT2D eigenvalue weighted by Gasteiger charge is 2.23. The molecule has 1 saturated heterocycles. The van der Waals surface area contributed by atoms with Crippen LogP contribution in [-0.2, 0) is 4.74 Å². The van der Waals surface area contributed by atoms with E-state index in [1.54, 1.807) is 0 Å². The summed E-state index contributed by atoms with van der Waals surface area (Å²) in [6.45, 7) is 7.90. The Kier molecular flexibility index (Phi) is 7.29. The topological polar surface area (TPSA) is 41.6 Å². The van der Waals surface area contributed by atoms with Crippen LogP contribution < -0.4 is 5.32 Å². The Morgan fingerprint density at radius 1 is 1.29 bits per heavy atom. The summed E-state index contributed by atoms with van der Waals surface area (Å²) in [4.78, 5) is 14.7. The normalized spacial score (nSPS) is 17.1. The quantitative estimate of drug-likeness (QED) is 0.771. The van der Waals surface area contributed by atoms with Gasteiger partial charge in [-0.2, -0.15) is 0 Å². The van der Waals surface area contributed by atoms with E-state index in [0.717, 1.165) is 25.6 Å². The second-order valence-electron chi connectivity index (χ2n) is 6.39. The fraction of sp³-hybridized carbons (Fsp3) is 0.588. The van der Waals surface area contributed by atoms with E-state index in [2.05, 4.69) is 24.1 Å². The van der Waals surface area contributed by atoms with Gasteiger partial charge >= 0.3 is 0 Å². The molecule has 1 aliphatic rings. The third kappa shape index (κ3) is 5.31. The number of amides is 1. The van der Waals surface area contributed by atoms with Gasteiger partial charge in [-0.15, -0.1) is 0 Å². The molecule has 1 aromatic carbocycles. The van der Waals surface area contributed by atoms with Gasteiger partial charge in [0.25, 0.3) is 5.91 Å². The van der Waals surface area contributed by atoms with E-state index in [1.165, 1.54) is 6.07 Å². The van der Waals surface area contributed by atoms with Crippen molar-refractivity contribution in [3.63, 3.8) is 0 Å². The van der Waals surface area contributed by atoms with Crippen LogP contribution in [0.5, 0.6) is 0 Å². The van der Waals surface area contributed by atoms with Gasteiger partial charge in [0, 0.05) is 25.7 Å². The van der Waals surface area contributed by atoms with Crippen molar-refractivity contribution < 1.29 is 13.9 Å². The zero-order valence-corrected chi connectivity index (χ0v) is 15.5. The molecule has 4 nitrogen and oxygen atoms in total. The zero-order chi connectivity index (χ0) is 17.7. The largest absolute Gasteiger partial charge is 0.379 e. The number of hydrogen-bond acceptors (Lipinski definition) is 3. The van der Waals surface area contributed by atoms with Gasteiger partial charge in [0.2, 0.25) is 0 Å². The highest BCUT2D eigenvalue weighted by Crippen LogP contribution is 2.24. The minimum atomic E-state index is -0.655. The third-order valence-electron chi connectivity index (χ3n) is 4.06. The maximum atomic E-state index is 13.6. The van der Waals surface area contributed by atoms with Crippen molar-refractivity contribution in [1.29, 1.82) is 0 Å². The molecule has 0 bridgehead atoms. The number of rotatable bonds is 6. The van der Waals surface area contributed by atoms with Gasteiger partial charge < -0.3 is 10.1 Å². The first kappa shape index (κ1) is 19.4. The summed E-state index contributed by atoms with van der Waals surface area (Å²) in [5.74, 6) is -0.540. The number of hydrogen-bond donors (Lipinski definition) is 1. The van der Waals surface area contributed by atoms with E-state index in [1.807, 2.05) is 0 Å². The van der Waals surface area contributed by atoms with Gasteiger partial charge in [-0.1, -0.05) is 37.0 Å². The molecule has 0 aromatic heterocycles. The van der Waals surface area contributed by atoms with Crippen molar-refractivity contribution in [2.75, 3.05) is 32.8 Å². The van der Waals surface area contributed by atoms with Gasteiger partial charge in [0.15, 0.2) is 0 Å². The second-order valence-corrected chi connectivity index (χ2v) is 7.20. The molecule has 134 valence electrons. The summed E-state index contributed by atoms with van der Waals surface area (Å²) < 4.78 is 19.0. The Balaban J connectivity index is 2.02. The molecule has 0 saturated carbocycles. The molecule has 1 aliphatic heterocycles. The summed E-state index contributed by atoms with van der Waals surface area (Å²) >= 11 is 11.7. The number of ether oxygens (including phenoxy) is 1. The van der Waals surface area contributed by atoms with Crippen LogP contribution in [-0.4, -0.2) is 49.7 Å². The first-order valence-electron chi connectivity index (χ1n) is 8.13. The highest BCUT2D eigenvalue weighted by molar-refractivity contribution is 6.36. The fourth-order valence-electron chi connectivity index (χ4n) is 2.85. The van der Waals surface area contributed by atoms with Gasteiger partial charge in [-0.3, -0.25) is 9.69 Å². The van der Waals surface area contributed by atoms with E-state index in [4.69, 9.17) is 27.9 Å². The Bertz CT molecular complexity index is 578. The smallest absolute Gasteiger partial charge is 0.252 e. The van der Waals surface area contributed by atoms with Gasteiger partial charge in [0.05, 0.1) is 28.8 Å². The lowest BCUT2D eigenvalue weighted by molar-refractivity contribution is 0.0124. The van der Waals surface area contributed by atoms with Crippen molar-refractivity contribution in [2.24, 2.45) is 5.92 Å². The number of morpholine rings is 1. The first-order valence-corrected chi connectivity index (χ1v) is 8.88. The van der Waals surface area contributed by atoms with Crippen molar-refractivity contribution in [1.82, 2.24) is 10.2 Å². The molecule has 0 spiro atoms. The van der Waals surface area contributed by atoms with Crippen LogP contribution in [0.25, 0.3) is 0 Å². The van der Waals surface area contributed by atoms with E-state index in [-0.39, 0.29) is 21.7 Å². The molecule has 0 radical (unpaired) electrons. The summed E-state index contributed by atoms with van der Waals surface area (Å²) in [7, 11) is 0. The van der Waals surface area contributed by atoms with Crippen LogP contribution >= 0.6 is 23.2 Å². The molecule has 1 amide bonds. The van der Waals surface area contributed by atoms with Crippen LogP contribution in [0.3, 0.4) is 0 Å². The maximum Gasteiger partial charge on any atom is 0.252 e. The number of carbonyl (C=O) groups is 1. The molecule has 1 fully saturated rings. The Labute approximate surface area is 152 Å². The third-order valence-corrected chi connectivity index (χ3v) is 4.66. The molecular formula is C17H23Cl2FN2O2. The molecule has 1 aromatic rings. The Morgan fingerprint density at radius 2 is 1.96 bits per heavy atom. The SMILES string of the molecule is CC(C)CC(CNC(=O)c1cc(F)c(Cl)cc1Cl)N1CCOCC1. The lowest BCUT2D eigenvalue weighted by atomic mass is 10.0. The molecule has 1 atom stereocenters. The Hall–Kier alpha value is -0.880. The lowest BCUT2D eigenvalue weighted by Gasteiger charge is -2.35. The molecule has 1 heterocycles. The number of halogens is 3. The van der Waals surface area contributed by atoms with Crippen LogP contribution in [0.4, 0.5) is 4.39 Å². The summed E-state index contributed by atoms with van der Waals surface area (Å²) in [5.41, 5.74) is 0.101. The number of nitrogens with zero attached hydrogens (tertiary/aromatic N) is 1. The summed E-state index contributed by atoms with van der Waals surface area (Å²) in [6.07, 6.45) is 0.961. The minimum Gasteiger partial charge on any atom is -0.379 e. The van der Waals surface area contributed by atoms with E-state index in [0.29, 0.717) is 25.7 Å². The minimum absolute atomic E-state index is 0.0949. The van der Waals surface area contributed by atoms with Crippen LogP contribution in [0.1, 0.15) is 30.6 Å². The van der Waals surface area contributed by atoms with Crippen LogP contribution in [0, 0.1) is 11.7 Å². The Morgan fingerprint density at radius 3 is 2.58 bits per heavy atom. The monoisotopic (exact) mass is 376 g/mol. The highest BCUT2D eigenvalue weighted by atomic mass is 35.5. The van der Waals surface area contributed by atoms with E-state index >= 15 is 0 Å². The molecule has 24 heavy (non-hydrogen) atoms. The molecular weight excluding hydrogens is 354 g/mol. The predicted octanol–water partition coefficient (Wildman–Crippen LogP) is 3.61. The standard InChI is InChI=1S/C17H23Cl2FN2O2/c1-11(2)7-12(22-3-5-24-6-4-22)10-21-17(23)13-8-16(20)15(19)9-14(13)18/h8-9,11-12H,3-7,10H2,1-2H3,(H,21,23). The van der Waals surface area contributed by atoms with Crippen molar-refractivity contribution in [2.45, 2.75) is 26.3 Å². The van der Waals surface area contributed by atoms with Crippen molar-refractivity contribution >= 4 is 29.1 Å². The van der Waals surface area contributed by atoms with Gasteiger partial charge in [-0.25, -0.2) is 4.39 Å². The van der Waals surface area contributed by atoms with Crippen molar-refractivity contribution in [3.8, 4) is 0 Å². The first-order chi connectivity index (χ1) is 11.4. The zero-order valence-electron chi connectivity index (χ0n) is 13.9. The lowest BCUT2D eigenvalue weighted by Crippen LogP contribution is -2.49. The molecule has 2 rings (SSSR count). The molecule has 1 N–H and O–H groups in total. The average molecular weight is 377 g/mol. The average Bonchev–Trinajstić information content (AvgIpc) is 2.55. The maximum absolute atomic E-state index is 13.6. The predicted molar refractivity (Wildman–Crippen MR) is 94.4 cm³/mol.